The van der Waals surface area contributed by atoms with Gasteiger partial charge in [0.2, 0.25) is 0 Å². The molecule has 3 N–H and O–H groups in total. The van der Waals surface area contributed by atoms with Gasteiger partial charge in [0.1, 0.15) is 0 Å². The van der Waals surface area contributed by atoms with E-state index in [1.807, 2.05) is 0 Å². The first-order valence-corrected chi connectivity index (χ1v) is 4.33. The van der Waals surface area contributed by atoms with Crippen molar-refractivity contribution in [1.29, 1.82) is 0 Å². The molecule has 0 radical (unpaired) electrons. The van der Waals surface area contributed by atoms with Crippen LogP contribution >= 0.6 is 0 Å². The maximum atomic E-state index is 13.3. The Morgan fingerprint density at radius 2 is 1.86 bits per heavy atom. The van der Waals surface area contributed by atoms with Crippen molar-refractivity contribution < 1.29 is 13.9 Å². The monoisotopic (exact) mass is 201 g/mol. The van der Waals surface area contributed by atoms with Gasteiger partial charge in [0.15, 0.2) is 11.6 Å². The van der Waals surface area contributed by atoms with Gasteiger partial charge in [0, 0.05) is 11.6 Å². The third-order valence-corrected chi connectivity index (χ3v) is 2.12. The van der Waals surface area contributed by atoms with Crippen molar-refractivity contribution in [3.63, 3.8) is 0 Å². The van der Waals surface area contributed by atoms with E-state index in [4.69, 9.17) is 5.73 Å². The molecule has 0 aliphatic carbocycles. The molecule has 0 fully saturated rings. The molecule has 78 valence electrons. The Hall–Kier alpha value is -1.00. The van der Waals surface area contributed by atoms with Crippen molar-refractivity contribution >= 4 is 0 Å². The maximum absolute atomic E-state index is 13.3. The number of aliphatic hydroxyl groups is 1. The Balaban J connectivity index is 3.17. The highest BCUT2D eigenvalue weighted by atomic mass is 19.2. The molecule has 1 rings (SSSR count). The largest absolute Gasteiger partial charge is 0.387 e. The Morgan fingerprint density at radius 3 is 2.36 bits per heavy atom. The number of rotatable bonds is 2. The van der Waals surface area contributed by atoms with Crippen LogP contribution in [0.3, 0.4) is 0 Å². The number of halogens is 2. The van der Waals surface area contributed by atoms with Crippen molar-refractivity contribution in [3.05, 3.63) is 34.9 Å². The van der Waals surface area contributed by atoms with E-state index in [1.54, 1.807) is 0 Å². The lowest BCUT2D eigenvalue weighted by molar-refractivity contribution is 0.148. The molecule has 0 aliphatic rings. The lowest BCUT2D eigenvalue weighted by Crippen LogP contribution is -2.25. The average molecular weight is 201 g/mol. The standard InChI is InChI=1S/C10H13F2NO/c1-5-3-4-7(9(12)8(5)11)10(14)6(2)13/h3-4,6,10,14H,13H2,1-2H3. The third-order valence-electron chi connectivity index (χ3n) is 2.12. The van der Waals surface area contributed by atoms with E-state index in [0.717, 1.165) is 0 Å². The molecule has 2 nitrogen and oxygen atoms in total. The number of hydrogen-bond acceptors (Lipinski definition) is 2. The number of benzene rings is 1. The van der Waals surface area contributed by atoms with Crippen LogP contribution in [0.2, 0.25) is 0 Å². The maximum Gasteiger partial charge on any atom is 0.164 e. The molecule has 14 heavy (non-hydrogen) atoms. The molecular formula is C10H13F2NO. The first-order valence-electron chi connectivity index (χ1n) is 4.33. The summed E-state index contributed by atoms with van der Waals surface area (Å²) in [4.78, 5) is 0. The topological polar surface area (TPSA) is 46.2 Å². The van der Waals surface area contributed by atoms with Gasteiger partial charge in [0.25, 0.3) is 0 Å². The molecule has 0 amide bonds. The molecule has 0 saturated carbocycles. The van der Waals surface area contributed by atoms with Crippen molar-refractivity contribution in [2.45, 2.75) is 26.0 Å². The van der Waals surface area contributed by atoms with Gasteiger partial charge >= 0.3 is 0 Å². The van der Waals surface area contributed by atoms with E-state index < -0.39 is 23.8 Å². The van der Waals surface area contributed by atoms with Crippen LogP contribution in [0.4, 0.5) is 8.78 Å². The fraction of sp³-hybridized carbons (Fsp3) is 0.400. The highest BCUT2D eigenvalue weighted by Gasteiger charge is 2.20. The molecule has 0 bridgehead atoms. The van der Waals surface area contributed by atoms with E-state index in [0.29, 0.717) is 0 Å². The third kappa shape index (κ3) is 1.91. The predicted octanol–water partition coefficient (Wildman–Crippen LogP) is 1.65. The molecule has 0 spiro atoms. The zero-order valence-corrected chi connectivity index (χ0v) is 8.09. The van der Waals surface area contributed by atoms with Crippen molar-refractivity contribution in [2.75, 3.05) is 0 Å². The Kier molecular flexibility index (Phi) is 3.18. The molecule has 4 heteroatoms. The normalized spacial score (nSPS) is 15.3. The van der Waals surface area contributed by atoms with Crippen molar-refractivity contribution in [1.82, 2.24) is 0 Å². The van der Waals surface area contributed by atoms with E-state index in [1.165, 1.54) is 26.0 Å². The van der Waals surface area contributed by atoms with Crippen molar-refractivity contribution in [2.24, 2.45) is 5.73 Å². The molecule has 1 aromatic carbocycles. The molecule has 0 aliphatic heterocycles. The van der Waals surface area contributed by atoms with E-state index in [-0.39, 0.29) is 11.1 Å². The fourth-order valence-electron chi connectivity index (χ4n) is 1.17. The molecule has 1 aromatic rings. The summed E-state index contributed by atoms with van der Waals surface area (Å²) in [6.07, 6.45) is -1.18. The van der Waals surface area contributed by atoms with Crippen LogP contribution in [0.15, 0.2) is 12.1 Å². The van der Waals surface area contributed by atoms with Crippen LogP contribution in [0, 0.1) is 18.6 Å². The Morgan fingerprint density at radius 1 is 1.29 bits per heavy atom. The zero-order valence-electron chi connectivity index (χ0n) is 8.09. The number of aliphatic hydroxyl groups excluding tert-OH is 1. The minimum atomic E-state index is -1.18. The number of hydrogen-bond donors (Lipinski definition) is 2. The molecule has 2 atom stereocenters. The quantitative estimate of drug-likeness (QED) is 0.764. The first kappa shape index (κ1) is 11.1. The van der Waals surface area contributed by atoms with Gasteiger partial charge in [-0.1, -0.05) is 12.1 Å². The van der Waals surface area contributed by atoms with Crippen LogP contribution in [-0.4, -0.2) is 11.1 Å². The van der Waals surface area contributed by atoms with Crippen LogP contribution in [0.1, 0.15) is 24.2 Å². The highest BCUT2D eigenvalue weighted by Crippen LogP contribution is 2.22. The molecule has 2 unspecified atom stereocenters. The van der Waals surface area contributed by atoms with E-state index in [9.17, 15) is 13.9 Å². The summed E-state index contributed by atoms with van der Waals surface area (Å²) in [5.74, 6) is -1.95. The SMILES string of the molecule is Cc1ccc(C(O)C(C)N)c(F)c1F. The average Bonchev–Trinajstić information content (AvgIpc) is 2.13. The highest BCUT2D eigenvalue weighted by molar-refractivity contribution is 5.27. The summed E-state index contributed by atoms with van der Waals surface area (Å²) >= 11 is 0. The van der Waals surface area contributed by atoms with Crippen LogP contribution in [0.5, 0.6) is 0 Å². The zero-order chi connectivity index (χ0) is 10.9. The summed E-state index contributed by atoms with van der Waals surface area (Å²) in [5.41, 5.74) is 5.50. The lowest BCUT2D eigenvalue weighted by Gasteiger charge is -2.16. The second kappa shape index (κ2) is 4.02. The van der Waals surface area contributed by atoms with E-state index in [2.05, 4.69) is 0 Å². The first-order chi connectivity index (χ1) is 6.45. The van der Waals surface area contributed by atoms with Crippen LogP contribution in [-0.2, 0) is 0 Å². The summed E-state index contributed by atoms with van der Waals surface area (Å²) < 4.78 is 26.4. The van der Waals surface area contributed by atoms with Gasteiger partial charge in [0.05, 0.1) is 6.10 Å². The molecule has 0 aromatic heterocycles. The second-order valence-corrected chi connectivity index (χ2v) is 3.40. The van der Waals surface area contributed by atoms with Crippen LogP contribution < -0.4 is 5.73 Å². The van der Waals surface area contributed by atoms with Gasteiger partial charge in [-0.05, 0) is 19.4 Å². The number of nitrogens with two attached hydrogens (primary N) is 1. The van der Waals surface area contributed by atoms with Gasteiger partial charge in [-0.25, -0.2) is 8.78 Å². The Labute approximate surface area is 81.4 Å². The van der Waals surface area contributed by atoms with Gasteiger partial charge < -0.3 is 10.8 Å². The number of aryl methyl sites for hydroxylation is 1. The second-order valence-electron chi connectivity index (χ2n) is 3.40. The molecule has 0 heterocycles. The Bertz CT molecular complexity index is 339. The molecule has 0 saturated heterocycles. The summed E-state index contributed by atoms with van der Waals surface area (Å²) in [5, 5.41) is 9.46. The predicted molar refractivity (Wildman–Crippen MR) is 49.7 cm³/mol. The van der Waals surface area contributed by atoms with Crippen molar-refractivity contribution in [3.8, 4) is 0 Å². The van der Waals surface area contributed by atoms with Gasteiger partial charge in [-0.2, -0.15) is 0 Å². The minimum Gasteiger partial charge on any atom is -0.387 e. The summed E-state index contributed by atoms with van der Waals surface area (Å²) in [7, 11) is 0. The minimum absolute atomic E-state index is 0.0944. The lowest BCUT2D eigenvalue weighted by atomic mass is 10.0. The van der Waals surface area contributed by atoms with Crippen LogP contribution in [0.25, 0.3) is 0 Å². The van der Waals surface area contributed by atoms with Gasteiger partial charge in [-0.15, -0.1) is 0 Å². The fourth-order valence-corrected chi connectivity index (χ4v) is 1.17. The summed E-state index contributed by atoms with van der Waals surface area (Å²) in [6.45, 7) is 2.99. The van der Waals surface area contributed by atoms with Gasteiger partial charge in [-0.3, -0.25) is 0 Å². The summed E-state index contributed by atoms with van der Waals surface area (Å²) in [6, 6.07) is 2.13. The molecular weight excluding hydrogens is 188 g/mol. The van der Waals surface area contributed by atoms with E-state index >= 15 is 0 Å². The smallest absolute Gasteiger partial charge is 0.164 e.